The number of halogens is 1. The smallest absolute Gasteiger partial charge is 0.303 e. The highest BCUT2D eigenvalue weighted by molar-refractivity contribution is 9.10. The Kier molecular flexibility index (Phi) is 3.63. The Labute approximate surface area is 91.6 Å². The van der Waals surface area contributed by atoms with Crippen molar-refractivity contribution in [2.24, 2.45) is 0 Å². The lowest BCUT2D eigenvalue weighted by molar-refractivity contribution is -0.142. The summed E-state index contributed by atoms with van der Waals surface area (Å²) in [4.78, 5) is 14.8. The lowest BCUT2D eigenvalue weighted by Gasteiger charge is -2.08. The van der Waals surface area contributed by atoms with Crippen LogP contribution in [0, 0.1) is 13.8 Å². The van der Waals surface area contributed by atoms with Crippen molar-refractivity contribution in [3.8, 4) is 0 Å². The summed E-state index contributed by atoms with van der Waals surface area (Å²) in [5.74, 6) is -0.289. The number of nitrogens with zero attached hydrogens (tertiary/aromatic N) is 1. The summed E-state index contributed by atoms with van der Waals surface area (Å²) in [6.07, 6.45) is 1.76. The van der Waals surface area contributed by atoms with E-state index in [1.54, 1.807) is 6.20 Å². The van der Waals surface area contributed by atoms with Crippen molar-refractivity contribution in [2.75, 3.05) is 0 Å². The summed E-state index contributed by atoms with van der Waals surface area (Å²) in [6.45, 7) is 5.54. The average Bonchev–Trinajstić information content (AvgIpc) is 2.13. The molecule has 0 aliphatic rings. The fourth-order valence-electron chi connectivity index (χ4n) is 1.07. The van der Waals surface area contributed by atoms with Gasteiger partial charge in [0, 0.05) is 17.6 Å². The first kappa shape index (κ1) is 11.2. The van der Waals surface area contributed by atoms with E-state index in [1.807, 2.05) is 13.8 Å². The van der Waals surface area contributed by atoms with Gasteiger partial charge in [0.1, 0.15) is 6.61 Å². The highest BCUT2D eigenvalue weighted by atomic mass is 79.9. The number of hydrogen-bond donors (Lipinski definition) is 0. The molecule has 0 spiro atoms. The molecule has 0 atom stereocenters. The standard InChI is InChI=1S/C10H12BrNO2/c1-6-4-12-9(5-14-8(3)13)7(2)10(6)11/h4H,5H2,1-3H3. The van der Waals surface area contributed by atoms with Crippen LogP contribution >= 0.6 is 15.9 Å². The van der Waals surface area contributed by atoms with E-state index in [4.69, 9.17) is 4.74 Å². The molecule has 0 aliphatic carbocycles. The molecule has 0 fully saturated rings. The minimum atomic E-state index is -0.289. The van der Waals surface area contributed by atoms with Crippen LogP contribution in [0.25, 0.3) is 0 Å². The monoisotopic (exact) mass is 257 g/mol. The van der Waals surface area contributed by atoms with Crippen LogP contribution < -0.4 is 0 Å². The third kappa shape index (κ3) is 2.54. The van der Waals surface area contributed by atoms with E-state index in [0.717, 1.165) is 21.3 Å². The number of ether oxygens (including phenoxy) is 1. The Morgan fingerprint density at radius 2 is 2.21 bits per heavy atom. The van der Waals surface area contributed by atoms with Gasteiger partial charge < -0.3 is 4.74 Å². The number of aromatic nitrogens is 1. The van der Waals surface area contributed by atoms with Crippen LogP contribution in [-0.2, 0) is 16.1 Å². The fraction of sp³-hybridized carbons (Fsp3) is 0.400. The van der Waals surface area contributed by atoms with Crippen LogP contribution in [0.1, 0.15) is 23.7 Å². The molecular weight excluding hydrogens is 246 g/mol. The zero-order chi connectivity index (χ0) is 10.7. The predicted octanol–water partition coefficient (Wildman–Crippen LogP) is 2.52. The number of esters is 1. The SMILES string of the molecule is CC(=O)OCc1ncc(C)c(Br)c1C. The molecule has 4 heteroatoms. The van der Waals surface area contributed by atoms with Gasteiger partial charge in [0.25, 0.3) is 0 Å². The van der Waals surface area contributed by atoms with E-state index in [1.165, 1.54) is 6.92 Å². The van der Waals surface area contributed by atoms with E-state index in [9.17, 15) is 4.79 Å². The van der Waals surface area contributed by atoms with Crippen molar-refractivity contribution < 1.29 is 9.53 Å². The molecule has 0 N–H and O–H groups in total. The second-order valence-electron chi connectivity index (χ2n) is 3.11. The highest BCUT2D eigenvalue weighted by Gasteiger charge is 2.07. The van der Waals surface area contributed by atoms with E-state index in [-0.39, 0.29) is 12.6 Å². The molecule has 0 aromatic carbocycles. The molecule has 1 heterocycles. The second kappa shape index (κ2) is 4.55. The van der Waals surface area contributed by atoms with Gasteiger partial charge in [0.15, 0.2) is 0 Å². The maximum Gasteiger partial charge on any atom is 0.303 e. The molecule has 1 rings (SSSR count). The molecule has 0 radical (unpaired) electrons. The molecule has 76 valence electrons. The molecule has 1 aromatic heterocycles. The Bertz CT molecular complexity index is 363. The van der Waals surface area contributed by atoms with Crippen molar-refractivity contribution >= 4 is 21.9 Å². The Hall–Kier alpha value is -0.900. The molecule has 14 heavy (non-hydrogen) atoms. The van der Waals surface area contributed by atoms with Crippen molar-refractivity contribution in [1.29, 1.82) is 0 Å². The summed E-state index contributed by atoms with van der Waals surface area (Å²) in [6, 6.07) is 0. The van der Waals surface area contributed by atoms with Gasteiger partial charge in [-0.2, -0.15) is 0 Å². The largest absolute Gasteiger partial charge is 0.459 e. The Balaban J connectivity index is 2.88. The van der Waals surface area contributed by atoms with Gasteiger partial charge in [-0.3, -0.25) is 9.78 Å². The van der Waals surface area contributed by atoms with Gasteiger partial charge in [0.2, 0.25) is 0 Å². The zero-order valence-electron chi connectivity index (χ0n) is 8.43. The first-order valence-corrected chi connectivity index (χ1v) is 5.05. The summed E-state index contributed by atoms with van der Waals surface area (Å²) < 4.78 is 5.90. The van der Waals surface area contributed by atoms with E-state index in [0.29, 0.717) is 0 Å². The van der Waals surface area contributed by atoms with E-state index >= 15 is 0 Å². The molecule has 0 saturated carbocycles. The average molecular weight is 258 g/mol. The third-order valence-corrected chi connectivity index (χ3v) is 3.15. The molecule has 0 aliphatic heterocycles. The van der Waals surface area contributed by atoms with Gasteiger partial charge in [-0.1, -0.05) is 15.9 Å². The number of carbonyl (C=O) groups excluding carboxylic acids is 1. The highest BCUT2D eigenvalue weighted by Crippen LogP contribution is 2.22. The number of rotatable bonds is 2. The summed E-state index contributed by atoms with van der Waals surface area (Å²) in [5.41, 5.74) is 2.89. The summed E-state index contributed by atoms with van der Waals surface area (Å²) in [7, 11) is 0. The molecule has 0 unspecified atom stereocenters. The minimum Gasteiger partial charge on any atom is -0.459 e. The first-order valence-electron chi connectivity index (χ1n) is 4.26. The van der Waals surface area contributed by atoms with Gasteiger partial charge >= 0.3 is 5.97 Å². The predicted molar refractivity (Wildman–Crippen MR) is 56.9 cm³/mol. The second-order valence-corrected chi connectivity index (χ2v) is 3.90. The lowest BCUT2D eigenvalue weighted by atomic mass is 10.2. The van der Waals surface area contributed by atoms with Crippen molar-refractivity contribution in [3.05, 3.63) is 27.5 Å². The van der Waals surface area contributed by atoms with Crippen LogP contribution in [0.3, 0.4) is 0 Å². The van der Waals surface area contributed by atoms with Crippen LogP contribution in [0.2, 0.25) is 0 Å². The van der Waals surface area contributed by atoms with Crippen LogP contribution in [-0.4, -0.2) is 11.0 Å². The van der Waals surface area contributed by atoms with E-state index < -0.39 is 0 Å². The number of pyridine rings is 1. The molecule has 0 bridgehead atoms. The summed E-state index contributed by atoms with van der Waals surface area (Å²) in [5, 5.41) is 0. The summed E-state index contributed by atoms with van der Waals surface area (Å²) >= 11 is 3.46. The van der Waals surface area contributed by atoms with Gasteiger partial charge in [-0.25, -0.2) is 0 Å². The van der Waals surface area contributed by atoms with Crippen LogP contribution in [0.15, 0.2) is 10.7 Å². The van der Waals surface area contributed by atoms with Crippen molar-refractivity contribution in [2.45, 2.75) is 27.4 Å². The molecule has 0 amide bonds. The zero-order valence-corrected chi connectivity index (χ0v) is 10.0. The Morgan fingerprint density at radius 3 is 2.79 bits per heavy atom. The molecule has 3 nitrogen and oxygen atoms in total. The quantitative estimate of drug-likeness (QED) is 0.765. The van der Waals surface area contributed by atoms with Gasteiger partial charge in [-0.05, 0) is 25.0 Å². The topological polar surface area (TPSA) is 39.2 Å². The van der Waals surface area contributed by atoms with Gasteiger partial charge in [-0.15, -0.1) is 0 Å². The Morgan fingerprint density at radius 1 is 1.57 bits per heavy atom. The third-order valence-electron chi connectivity index (χ3n) is 1.93. The van der Waals surface area contributed by atoms with Crippen molar-refractivity contribution in [3.63, 3.8) is 0 Å². The number of aryl methyl sites for hydroxylation is 1. The molecule has 1 aromatic rings. The normalized spacial score (nSPS) is 10.0. The minimum absolute atomic E-state index is 0.236. The fourth-order valence-corrected chi connectivity index (χ4v) is 1.40. The number of carbonyl (C=O) groups is 1. The first-order chi connectivity index (χ1) is 6.52. The van der Waals surface area contributed by atoms with Crippen LogP contribution in [0.5, 0.6) is 0 Å². The lowest BCUT2D eigenvalue weighted by Crippen LogP contribution is -2.03. The van der Waals surface area contributed by atoms with E-state index in [2.05, 4.69) is 20.9 Å². The maximum atomic E-state index is 10.6. The molecule has 0 saturated heterocycles. The maximum absolute atomic E-state index is 10.6. The molecular formula is C10H12BrNO2. The number of hydrogen-bond acceptors (Lipinski definition) is 3. The van der Waals surface area contributed by atoms with Gasteiger partial charge in [0.05, 0.1) is 5.69 Å². The van der Waals surface area contributed by atoms with Crippen LogP contribution in [0.4, 0.5) is 0 Å². The van der Waals surface area contributed by atoms with Crippen molar-refractivity contribution in [1.82, 2.24) is 4.98 Å².